The first-order chi connectivity index (χ1) is 12.7. The molecule has 2 aromatic rings. The van der Waals surface area contributed by atoms with E-state index in [1.165, 1.54) is 13.2 Å². The number of benzene rings is 2. The summed E-state index contributed by atoms with van der Waals surface area (Å²) in [5.74, 6) is -1.68. The standard InChI is InChI=1S/C18H14F3N3O2S/c1-26-14-7-3-6-13(9-14)24-17(27)15(10-22)16(25)23-12-5-2-4-11(8-12)18(19,20)21/h2-9,15H,1H3,(H,23,25)(H,24,27). The third-order valence-electron chi connectivity index (χ3n) is 3.45. The molecule has 1 atom stereocenters. The van der Waals surface area contributed by atoms with Crippen molar-refractivity contribution in [1.82, 2.24) is 0 Å². The topological polar surface area (TPSA) is 74.1 Å². The zero-order valence-corrected chi connectivity index (χ0v) is 14.8. The van der Waals surface area contributed by atoms with Crippen LogP contribution >= 0.6 is 12.2 Å². The second-order valence-corrected chi connectivity index (χ2v) is 5.79. The number of nitrogens with zero attached hydrogens (tertiary/aromatic N) is 1. The molecule has 0 aromatic heterocycles. The molecule has 1 amide bonds. The highest BCUT2D eigenvalue weighted by Crippen LogP contribution is 2.30. The quantitative estimate of drug-likeness (QED) is 0.744. The van der Waals surface area contributed by atoms with E-state index < -0.39 is 23.6 Å². The lowest BCUT2D eigenvalue weighted by Gasteiger charge is -2.15. The van der Waals surface area contributed by atoms with E-state index in [0.29, 0.717) is 11.4 Å². The smallest absolute Gasteiger partial charge is 0.416 e. The van der Waals surface area contributed by atoms with Crippen molar-refractivity contribution in [2.24, 2.45) is 5.92 Å². The lowest BCUT2D eigenvalue weighted by molar-refractivity contribution is -0.137. The first-order valence-electron chi connectivity index (χ1n) is 7.57. The Bertz CT molecular complexity index is 894. The second kappa shape index (κ2) is 8.51. The van der Waals surface area contributed by atoms with Crippen molar-refractivity contribution < 1.29 is 22.7 Å². The summed E-state index contributed by atoms with van der Waals surface area (Å²) in [6.07, 6.45) is -4.54. The Kier molecular flexibility index (Phi) is 6.36. The molecule has 0 fully saturated rings. The molecule has 0 heterocycles. The van der Waals surface area contributed by atoms with Gasteiger partial charge in [-0.15, -0.1) is 0 Å². The Hall–Kier alpha value is -3.12. The Morgan fingerprint density at radius 1 is 1.15 bits per heavy atom. The van der Waals surface area contributed by atoms with Crippen LogP contribution in [0.2, 0.25) is 0 Å². The summed E-state index contributed by atoms with van der Waals surface area (Å²) >= 11 is 5.10. The lowest BCUT2D eigenvalue weighted by atomic mass is 10.1. The fourth-order valence-corrected chi connectivity index (χ4v) is 2.42. The molecule has 0 bridgehead atoms. The van der Waals surface area contributed by atoms with Gasteiger partial charge < -0.3 is 15.4 Å². The Morgan fingerprint density at radius 3 is 2.37 bits per heavy atom. The van der Waals surface area contributed by atoms with Crippen LogP contribution in [0.25, 0.3) is 0 Å². The molecule has 1 unspecified atom stereocenters. The van der Waals surface area contributed by atoms with E-state index in [2.05, 4.69) is 10.6 Å². The normalized spacial score (nSPS) is 11.8. The van der Waals surface area contributed by atoms with Crippen molar-refractivity contribution in [3.63, 3.8) is 0 Å². The van der Waals surface area contributed by atoms with E-state index in [0.717, 1.165) is 18.2 Å². The minimum Gasteiger partial charge on any atom is -0.497 e. The first-order valence-corrected chi connectivity index (χ1v) is 7.98. The molecule has 0 saturated carbocycles. The van der Waals surface area contributed by atoms with Gasteiger partial charge in [-0.3, -0.25) is 4.79 Å². The number of ether oxygens (including phenoxy) is 1. The largest absolute Gasteiger partial charge is 0.497 e. The van der Waals surface area contributed by atoms with Crippen molar-refractivity contribution in [2.45, 2.75) is 6.18 Å². The molecule has 0 saturated heterocycles. The number of halogens is 3. The second-order valence-electron chi connectivity index (χ2n) is 5.35. The summed E-state index contributed by atoms with van der Waals surface area (Å²) in [7, 11) is 1.48. The SMILES string of the molecule is COc1cccc(NC(=S)C(C#N)C(=O)Nc2cccc(C(F)(F)F)c2)c1. The van der Waals surface area contributed by atoms with Gasteiger partial charge in [0.05, 0.1) is 18.7 Å². The number of anilines is 2. The van der Waals surface area contributed by atoms with Crippen LogP contribution < -0.4 is 15.4 Å². The van der Waals surface area contributed by atoms with E-state index in [1.54, 1.807) is 30.3 Å². The van der Waals surface area contributed by atoms with Gasteiger partial charge in [0.1, 0.15) is 10.7 Å². The average molecular weight is 393 g/mol. The van der Waals surface area contributed by atoms with Crippen LogP contribution in [0.4, 0.5) is 24.5 Å². The van der Waals surface area contributed by atoms with Gasteiger partial charge >= 0.3 is 6.18 Å². The van der Waals surface area contributed by atoms with Crippen LogP contribution in [0.3, 0.4) is 0 Å². The number of amides is 1. The number of thiocarbonyl (C=S) groups is 1. The number of carbonyl (C=O) groups excluding carboxylic acids is 1. The van der Waals surface area contributed by atoms with Gasteiger partial charge in [0.15, 0.2) is 5.92 Å². The highest BCUT2D eigenvalue weighted by atomic mass is 32.1. The fourth-order valence-electron chi connectivity index (χ4n) is 2.14. The number of methoxy groups -OCH3 is 1. The molecule has 9 heteroatoms. The van der Waals surface area contributed by atoms with E-state index in [9.17, 15) is 23.2 Å². The van der Waals surface area contributed by atoms with Crippen LogP contribution in [0.5, 0.6) is 5.75 Å². The molecule has 0 spiro atoms. The summed E-state index contributed by atoms with van der Waals surface area (Å²) in [6, 6.07) is 12.5. The van der Waals surface area contributed by atoms with Crippen molar-refractivity contribution in [2.75, 3.05) is 17.7 Å². The van der Waals surface area contributed by atoms with Gasteiger partial charge in [-0.25, -0.2) is 0 Å². The van der Waals surface area contributed by atoms with Crippen molar-refractivity contribution in [1.29, 1.82) is 5.26 Å². The molecular formula is C18H14F3N3O2S. The predicted octanol–water partition coefficient (Wildman–Crippen LogP) is 4.23. The maximum atomic E-state index is 12.8. The molecule has 27 heavy (non-hydrogen) atoms. The highest BCUT2D eigenvalue weighted by Gasteiger charge is 2.31. The zero-order chi connectivity index (χ0) is 20.0. The van der Waals surface area contributed by atoms with Crippen LogP contribution in [-0.2, 0) is 11.0 Å². The monoisotopic (exact) mass is 393 g/mol. The molecule has 2 N–H and O–H groups in total. The third kappa shape index (κ3) is 5.43. The molecule has 2 aromatic carbocycles. The van der Waals surface area contributed by atoms with Crippen LogP contribution in [0.15, 0.2) is 48.5 Å². The number of nitriles is 1. The van der Waals surface area contributed by atoms with Crippen molar-refractivity contribution >= 4 is 34.5 Å². The number of alkyl halides is 3. The van der Waals surface area contributed by atoms with Gasteiger partial charge in [-0.05, 0) is 30.3 Å². The summed E-state index contributed by atoms with van der Waals surface area (Å²) < 4.78 is 43.3. The number of hydrogen-bond acceptors (Lipinski definition) is 4. The summed E-state index contributed by atoms with van der Waals surface area (Å²) in [4.78, 5) is 12.2. The molecule has 0 aliphatic heterocycles. The maximum Gasteiger partial charge on any atom is 0.416 e. The van der Waals surface area contributed by atoms with Gasteiger partial charge in [-0.2, -0.15) is 18.4 Å². The van der Waals surface area contributed by atoms with E-state index in [1.807, 2.05) is 0 Å². The minimum atomic E-state index is -4.54. The molecule has 5 nitrogen and oxygen atoms in total. The van der Waals surface area contributed by atoms with Crippen LogP contribution in [-0.4, -0.2) is 18.0 Å². The van der Waals surface area contributed by atoms with Crippen molar-refractivity contribution in [3.05, 3.63) is 54.1 Å². The molecule has 0 aliphatic rings. The number of carbonyl (C=O) groups is 1. The number of nitrogens with one attached hydrogen (secondary N) is 2. The van der Waals surface area contributed by atoms with E-state index >= 15 is 0 Å². The Labute approximate surface area is 158 Å². The molecule has 0 radical (unpaired) electrons. The molecule has 140 valence electrons. The summed E-state index contributed by atoms with van der Waals surface area (Å²) in [6.45, 7) is 0. The van der Waals surface area contributed by atoms with E-state index in [-0.39, 0.29) is 10.7 Å². The lowest BCUT2D eigenvalue weighted by Crippen LogP contribution is -2.31. The Morgan fingerprint density at radius 2 is 1.78 bits per heavy atom. The Balaban J connectivity index is 2.11. The fraction of sp³-hybridized carbons (Fsp3) is 0.167. The van der Waals surface area contributed by atoms with E-state index in [4.69, 9.17) is 17.0 Å². The summed E-state index contributed by atoms with van der Waals surface area (Å²) in [5.41, 5.74) is -0.489. The average Bonchev–Trinajstić information content (AvgIpc) is 2.62. The molecule has 0 aliphatic carbocycles. The van der Waals surface area contributed by atoms with Crippen LogP contribution in [0, 0.1) is 17.2 Å². The van der Waals surface area contributed by atoms with Crippen LogP contribution in [0.1, 0.15) is 5.56 Å². The molecule has 2 rings (SSSR count). The highest BCUT2D eigenvalue weighted by molar-refractivity contribution is 7.80. The first kappa shape index (κ1) is 20.2. The van der Waals surface area contributed by atoms with Crippen molar-refractivity contribution in [3.8, 4) is 11.8 Å². The van der Waals surface area contributed by atoms with Gasteiger partial charge in [0.2, 0.25) is 5.91 Å². The third-order valence-corrected chi connectivity index (χ3v) is 3.79. The summed E-state index contributed by atoms with van der Waals surface area (Å²) in [5, 5.41) is 14.3. The zero-order valence-electron chi connectivity index (χ0n) is 14.0. The minimum absolute atomic E-state index is 0.0840. The number of rotatable bonds is 5. The van der Waals surface area contributed by atoms with Gasteiger partial charge in [0.25, 0.3) is 0 Å². The van der Waals surface area contributed by atoms with Gasteiger partial charge in [0, 0.05) is 17.4 Å². The number of hydrogen-bond donors (Lipinski definition) is 2. The maximum absolute atomic E-state index is 12.8. The predicted molar refractivity (Wildman–Crippen MR) is 98.4 cm³/mol. The molecular weight excluding hydrogens is 379 g/mol. The van der Waals surface area contributed by atoms with Gasteiger partial charge in [-0.1, -0.05) is 24.4 Å².